The van der Waals surface area contributed by atoms with Crippen molar-refractivity contribution in [1.29, 1.82) is 0 Å². The maximum absolute atomic E-state index is 11.0. The number of nitrogens with zero attached hydrogens (tertiary/aromatic N) is 2. The Morgan fingerprint density at radius 1 is 0.917 bits per heavy atom. The van der Waals surface area contributed by atoms with Gasteiger partial charge in [-0.1, -0.05) is 0 Å². The Kier molecular flexibility index (Phi) is 3.03. The minimum absolute atomic E-state index is 0.574. The largest absolute Gasteiger partial charge is 0.351 e. The first-order valence-electron chi connectivity index (χ1n) is 2.98. The first-order valence-corrected chi connectivity index (χ1v) is 2.98. The van der Waals surface area contributed by atoms with Gasteiger partial charge in [-0.3, -0.25) is 0 Å². The van der Waals surface area contributed by atoms with E-state index in [9.17, 15) is 14.4 Å². The Labute approximate surface area is 68.9 Å². The molecule has 68 valence electrons. The molecule has 4 N–H and O–H groups in total. The average molecular weight is 174 g/mol. The Morgan fingerprint density at radius 3 is 1.33 bits per heavy atom. The van der Waals surface area contributed by atoms with Gasteiger partial charge in [0.1, 0.15) is 0 Å². The summed E-state index contributed by atoms with van der Waals surface area (Å²) in [6, 6.07) is -2.77. The molecule has 0 unspecified atom stereocenters. The summed E-state index contributed by atoms with van der Waals surface area (Å²) < 4.78 is 0. The van der Waals surface area contributed by atoms with E-state index >= 15 is 0 Å². The molecule has 12 heavy (non-hydrogen) atoms. The third kappa shape index (κ3) is 2.11. The standard InChI is InChI=1S/C5H10N4O3/c1-8(3(6)10)5(12)9(2)4(7)11/h1-2H3,(H2,6,10)(H2,7,11). The zero-order chi connectivity index (χ0) is 9.89. The van der Waals surface area contributed by atoms with Crippen LogP contribution in [0.1, 0.15) is 0 Å². The van der Waals surface area contributed by atoms with Crippen molar-refractivity contribution in [3.8, 4) is 0 Å². The van der Waals surface area contributed by atoms with Crippen molar-refractivity contribution in [3.63, 3.8) is 0 Å². The molecule has 0 aliphatic heterocycles. The Hall–Kier alpha value is -1.79. The van der Waals surface area contributed by atoms with Gasteiger partial charge in [-0.2, -0.15) is 0 Å². The normalized spacial score (nSPS) is 8.83. The molecule has 0 saturated heterocycles. The Bertz CT molecular complexity index is 205. The van der Waals surface area contributed by atoms with Crippen molar-refractivity contribution in [3.05, 3.63) is 0 Å². The summed E-state index contributed by atoms with van der Waals surface area (Å²) in [5.41, 5.74) is 9.52. The zero-order valence-corrected chi connectivity index (χ0v) is 6.77. The maximum atomic E-state index is 11.0. The molecule has 7 heteroatoms. The second kappa shape index (κ2) is 3.56. The molecule has 0 saturated carbocycles. The molecule has 0 radical (unpaired) electrons. The van der Waals surface area contributed by atoms with Crippen molar-refractivity contribution >= 4 is 18.1 Å². The van der Waals surface area contributed by atoms with E-state index in [2.05, 4.69) is 0 Å². The molecule has 0 fully saturated rings. The van der Waals surface area contributed by atoms with E-state index in [0.717, 1.165) is 14.1 Å². The van der Waals surface area contributed by atoms with E-state index in [1.807, 2.05) is 0 Å². The molecule has 0 aromatic carbocycles. The highest BCUT2D eigenvalue weighted by atomic mass is 16.2. The SMILES string of the molecule is CN(C(N)=O)C(=O)N(C)C(N)=O. The highest BCUT2D eigenvalue weighted by molar-refractivity contribution is 5.99. The summed E-state index contributed by atoms with van der Waals surface area (Å²) in [7, 11) is 2.29. The molecular weight excluding hydrogens is 164 g/mol. The third-order valence-electron chi connectivity index (χ3n) is 1.24. The molecule has 0 bridgehead atoms. The quantitative estimate of drug-likeness (QED) is 0.497. The van der Waals surface area contributed by atoms with E-state index < -0.39 is 18.1 Å². The zero-order valence-electron chi connectivity index (χ0n) is 6.77. The lowest BCUT2D eigenvalue weighted by Gasteiger charge is -2.18. The number of hydrogen-bond donors (Lipinski definition) is 2. The molecule has 6 amide bonds. The minimum Gasteiger partial charge on any atom is -0.351 e. The van der Waals surface area contributed by atoms with Crippen molar-refractivity contribution in [2.24, 2.45) is 11.5 Å². The van der Waals surface area contributed by atoms with Crippen molar-refractivity contribution < 1.29 is 14.4 Å². The van der Waals surface area contributed by atoms with Crippen LogP contribution in [0.5, 0.6) is 0 Å². The number of nitrogens with two attached hydrogens (primary N) is 2. The molecule has 7 nitrogen and oxygen atoms in total. The molecule has 0 aromatic rings. The lowest BCUT2D eigenvalue weighted by molar-refractivity contribution is 0.174. The summed E-state index contributed by atoms with van der Waals surface area (Å²) in [4.78, 5) is 33.0. The number of urea groups is 3. The fraction of sp³-hybridized carbons (Fsp3) is 0.400. The lowest BCUT2D eigenvalue weighted by atomic mass is 10.7. The third-order valence-corrected chi connectivity index (χ3v) is 1.24. The fourth-order valence-corrected chi connectivity index (χ4v) is 0.414. The lowest BCUT2D eigenvalue weighted by Crippen LogP contribution is -2.48. The van der Waals surface area contributed by atoms with Crippen LogP contribution < -0.4 is 11.5 Å². The molecule has 0 aromatic heterocycles. The number of carbonyl (C=O) groups is 3. The molecule has 0 heterocycles. The van der Waals surface area contributed by atoms with Gasteiger partial charge in [0.15, 0.2) is 0 Å². The number of primary amides is 2. The highest BCUT2D eigenvalue weighted by Gasteiger charge is 2.20. The van der Waals surface area contributed by atoms with Gasteiger partial charge in [0, 0.05) is 14.1 Å². The van der Waals surface area contributed by atoms with E-state index in [0.29, 0.717) is 9.80 Å². The Morgan fingerprint density at radius 2 is 1.17 bits per heavy atom. The highest BCUT2D eigenvalue weighted by Crippen LogP contribution is 1.92. The topological polar surface area (TPSA) is 110 Å². The summed E-state index contributed by atoms with van der Waals surface area (Å²) in [5.74, 6) is 0. The van der Waals surface area contributed by atoms with Crippen LogP contribution in [0.15, 0.2) is 0 Å². The smallest absolute Gasteiger partial charge is 0.335 e. The van der Waals surface area contributed by atoms with Crippen LogP contribution in [0.25, 0.3) is 0 Å². The predicted octanol–water partition coefficient (Wildman–Crippen LogP) is -0.873. The van der Waals surface area contributed by atoms with Crippen LogP contribution in [0.3, 0.4) is 0 Å². The van der Waals surface area contributed by atoms with E-state index in [-0.39, 0.29) is 0 Å². The number of imide groups is 2. The van der Waals surface area contributed by atoms with Gasteiger partial charge in [0.2, 0.25) is 0 Å². The maximum Gasteiger partial charge on any atom is 0.335 e. The van der Waals surface area contributed by atoms with Crippen LogP contribution in [0.4, 0.5) is 14.4 Å². The molecule has 0 rings (SSSR count). The molecule has 0 atom stereocenters. The second-order valence-corrected chi connectivity index (χ2v) is 2.08. The number of carbonyl (C=O) groups excluding carboxylic acids is 3. The summed E-state index contributed by atoms with van der Waals surface area (Å²) >= 11 is 0. The van der Waals surface area contributed by atoms with Gasteiger partial charge >= 0.3 is 18.1 Å². The molecule has 0 aliphatic carbocycles. The van der Waals surface area contributed by atoms with Gasteiger partial charge in [-0.15, -0.1) is 0 Å². The van der Waals surface area contributed by atoms with E-state index in [4.69, 9.17) is 11.5 Å². The predicted molar refractivity (Wildman–Crippen MR) is 40.1 cm³/mol. The summed E-state index contributed by atoms with van der Waals surface area (Å²) in [5, 5.41) is 0. The van der Waals surface area contributed by atoms with Gasteiger partial charge in [0.05, 0.1) is 0 Å². The molecule has 0 spiro atoms. The first kappa shape index (κ1) is 10.2. The number of rotatable bonds is 0. The van der Waals surface area contributed by atoms with Crippen LogP contribution in [0, 0.1) is 0 Å². The van der Waals surface area contributed by atoms with Crippen LogP contribution in [-0.4, -0.2) is 42.0 Å². The van der Waals surface area contributed by atoms with Gasteiger partial charge in [-0.05, 0) is 0 Å². The van der Waals surface area contributed by atoms with Crippen molar-refractivity contribution in [2.75, 3.05) is 14.1 Å². The first-order chi connectivity index (χ1) is 5.37. The summed E-state index contributed by atoms with van der Waals surface area (Å²) in [6.07, 6.45) is 0. The minimum atomic E-state index is -0.951. The molecular formula is C5H10N4O3. The fourth-order valence-electron chi connectivity index (χ4n) is 0.414. The van der Waals surface area contributed by atoms with Gasteiger partial charge < -0.3 is 11.5 Å². The van der Waals surface area contributed by atoms with E-state index in [1.54, 1.807) is 0 Å². The van der Waals surface area contributed by atoms with Crippen LogP contribution >= 0.6 is 0 Å². The molecule has 0 aliphatic rings. The van der Waals surface area contributed by atoms with Gasteiger partial charge in [-0.25, -0.2) is 24.2 Å². The van der Waals surface area contributed by atoms with Gasteiger partial charge in [0.25, 0.3) is 0 Å². The second-order valence-electron chi connectivity index (χ2n) is 2.08. The number of hydrogen-bond acceptors (Lipinski definition) is 3. The van der Waals surface area contributed by atoms with E-state index in [1.165, 1.54) is 0 Å². The van der Waals surface area contributed by atoms with Crippen molar-refractivity contribution in [1.82, 2.24) is 9.80 Å². The van der Waals surface area contributed by atoms with Crippen LogP contribution in [-0.2, 0) is 0 Å². The summed E-state index contributed by atoms with van der Waals surface area (Å²) in [6.45, 7) is 0. The number of amides is 6. The van der Waals surface area contributed by atoms with Crippen molar-refractivity contribution in [2.45, 2.75) is 0 Å². The average Bonchev–Trinajstić information content (AvgIpc) is 2.00. The monoisotopic (exact) mass is 174 g/mol. The van der Waals surface area contributed by atoms with Crippen LogP contribution in [0.2, 0.25) is 0 Å². The Balaban J connectivity index is 4.39.